The monoisotopic (exact) mass is 387 g/mol. The molecule has 0 aliphatic carbocycles. The Hall–Kier alpha value is -1.88. The van der Waals surface area contributed by atoms with E-state index in [2.05, 4.69) is 54.4 Å². The molecule has 1 saturated heterocycles. The maximum absolute atomic E-state index is 12.6. The summed E-state index contributed by atoms with van der Waals surface area (Å²) < 4.78 is 0. The Morgan fingerprint density at radius 3 is 2.44 bits per heavy atom. The quantitative estimate of drug-likeness (QED) is 0.791. The highest BCUT2D eigenvalue weighted by atomic mass is 35.5. The highest BCUT2D eigenvalue weighted by Gasteiger charge is 2.33. The van der Waals surface area contributed by atoms with Crippen molar-refractivity contribution in [2.45, 2.75) is 25.7 Å². The van der Waals surface area contributed by atoms with Gasteiger partial charge in [0.1, 0.15) is 0 Å². The van der Waals surface area contributed by atoms with Gasteiger partial charge in [-0.2, -0.15) is 0 Å². The van der Waals surface area contributed by atoms with Gasteiger partial charge in [0, 0.05) is 24.7 Å². The molecule has 0 bridgehead atoms. The number of halogens is 1. The fourth-order valence-corrected chi connectivity index (χ4v) is 3.91. The normalized spacial score (nSPS) is 19.7. The summed E-state index contributed by atoms with van der Waals surface area (Å²) in [5.41, 5.74) is 9.41. The molecular formula is C22H30ClN3O. The number of anilines is 1. The second kappa shape index (κ2) is 9.88. The number of nitrogens with one attached hydrogen (secondary N) is 1. The van der Waals surface area contributed by atoms with Gasteiger partial charge in [0.2, 0.25) is 5.91 Å². The molecule has 5 heteroatoms. The van der Waals surface area contributed by atoms with E-state index in [1.54, 1.807) is 0 Å². The average molecular weight is 388 g/mol. The van der Waals surface area contributed by atoms with Crippen LogP contribution in [0.3, 0.4) is 0 Å². The molecule has 1 fully saturated rings. The van der Waals surface area contributed by atoms with Crippen LogP contribution in [0.25, 0.3) is 0 Å². The van der Waals surface area contributed by atoms with E-state index in [0.717, 1.165) is 18.8 Å². The molecule has 1 heterocycles. The van der Waals surface area contributed by atoms with Crippen LogP contribution in [-0.2, 0) is 4.79 Å². The van der Waals surface area contributed by atoms with Crippen molar-refractivity contribution in [3.8, 4) is 0 Å². The van der Waals surface area contributed by atoms with Crippen molar-refractivity contribution in [3.05, 3.63) is 65.7 Å². The Kier molecular flexibility index (Phi) is 7.84. The maximum atomic E-state index is 12.6. The maximum Gasteiger partial charge on any atom is 0.238 e. The van der Waals surface area contributed by atoms with Crippen molar-refractivity contribution in [2.75, 3.05) is 31.5 Å². The van der Waals surface area contributed by atoms with E-state index < -0.39 is 0 Å². The summed E-state index contributed by atoms with van der Waals surface area (Å²) in [5, 5.41) is 3.09. The molecule has 0 spiro atoms. The summed E-state index contributed by atoms with van der Waals surface area (Å²) in [6.45, 7) is 7.09. The minimum Gasteiger partial charge on any atom is -0.330 e. The molecule has 0 saturated carbocycles. The van der Waals surface area contributed by atoms with Gasteiger partial charge >= 0.3 is 0 Å². The SMILES string of the molecule is CC(C)c1ccccc1NC(=O)CN1C[C@@H](CN)[C@H](c2ccccc2)C1.Cl. The number of nitrogens with two attached hydrogens (primary N) is 1. The van der Waals surface area contributed by atoms with Gasteiger partial charge in [-0.25, -0.2) is 0 Å². The molecule has 3 N–H and O–H groups in total. The molecule has 1 amide bonds. The zero-order valence-corrected chi connectivity index (χ0v) is 16.9. The van der Waals surface area contributed by atoms with Crippen LogP contribution >= 0.6 is 12.4 Å². The summed E-state index contributed by atoms with van der Waals surface area (Å²) in [6.07, 6.45) is 0. The molecule has 2 aromatic carbocycles. The minimum absolute atomic E-state index is 0. The molecule has 4 nitrogen and oxygen atoms in total. The highest BCUT2D eigenvalue weighted by Crippen LogP contribution is 2.32. The number of amides is 1. The zero-order chi connectivity index (χ0) is 18.5. The predicted molar refractivity (Wildman–Crippen MR) is 115 cm³/mol. The van der Waals surface area contributed by atoms with E-state index in [9.17, 15) is 4.79 Å². The van der Waals surface area contributed by atoms with Crippen molar-refractivity contribution in [1.29, 1.82) is 0 Å². The Balaban J connectivity index is 0.00000261. The first-order valence-corrected chi connectivity index (χ1v) is 9.44. The third kappa shape index (κ3) is 5.32. The second-order valence-corrected chi connectivity index (χ2v) is 7.50. The van der Waals surface area contributed by atoms with Crippen molar-refractivity contribution < 1.29 is 4.79 Å². The topological polar surface area (TPSA) is 58.4 Å². The molecule has 2 atom stereocenters. The number of para-hydroxylation sites is 1. The van der Waals surface area contributed by atoms with Crippen molar-refractivity contribution in [1.82, 2.24) is 4.90 Å². The summed E-state index contributed by atoms with van der Waals surface area (Å²) in [7, 11) is 0. The van der Waals surface area contributed by atoms with Gasteiger partial charge in [-0.15, -0.1) is 12.4 Å². The lowest BCUT2D eigenvalue weighted by Gasteiger charge is -2.18. The van der Waals surface area contributed by atoms with E-state index >= 15 is 0 Å². The van der Waals surface area contributed by atoms with Crippen molar-refractivity contribution in [3.63, 3.8) is 0 Å². The third-order valence-corrected chi connectivity index (χ3v) is 5.27. The van der Waals surface area contributed by atoms with Crippen LogP contribution < -0.4 is 11.1 Å². The summed E-state index contributed by atoms with van der Waals surface area (Å²) in [5.74, 6) is 1.22. The van der Waals surface area contributed by atoms with Gasteiger partial charge < -0.3 is 11.1 Å². The molecule has 27 heavy (non-hydrogen) atoms. The standard InChI is InChI=1S/C22H29N3O.ClH/c1-16(2)19-10-6-7-11-21(19)24-22(26)15-25-13-18(12-23)20(14-25)17-8-4-3-5-9-17;/h3-11,16,18,20H,12-15,23H2,1-2H3,(H,24,26);1H/t18-,20+;/m1./s1. The Labute approximate surface area is 168 Å². The lowest BCUT2D eigenvalue weighted by molar-refractivity contribution is -0.117. The molecule has 0 unspecified atom stereocenters. The van der Waals surface area contributed by atoms with Gasteiger partial charge in [0.05, 0.1) is 6.54 Å². The Morgan fingerprint density at radius 1 is 1.11 bits per heavy atom. The van der Waals surface area contributed by atoms with Gasteiger partial charge in [-0.05, 0) is 35.6 Å². The Morgan fingerprint density at radius 2 is 1.78 bits per heavy atom. The predicted octanol–water partition coefficient (Wildman–Crippen LogP) is 3.84. The fourth-order valence-electron chi connectivity index (χ4n) is 3.91. The number of carbonyl (C=O) groups excluding carboxylic acids is 1. The number of nitrogens with zero attached hydrogens (tertiary/aromatic N) is 1. The molecule has 2 aromatic rings. The van der Waals surface area contributed by atoms with Crippen molar-refractivity contribution >= 4 is 24.0 Å². The number of hydrogen-bond acceptors (Lipinski definition) is 3. The van der Waals surface area contributed by atoms with E-state index in [-0.39, 0.29) is 18.3 Å². The van der Waals surface area contributed by atoms with Crippen LogP contribution in [-0.4, -0.2) is 37.0 Å². The summed E-state index contributed by atoms with van der Waals surface area (Å²) in [4.78, 5) is 14.8. The second-order valence-electron chi connectivity index (χ2n) is 7.50. The van der Waals surface area contributed by atoms with Crippen molar-refractivity contribution in [2.24, 2.45) is 11.7 Å². The van der Waals surface area contributed by atoms with Gasteiger partial charge in [-0.3, -0.25) is 9.69 Å². The summed E-state index contributed by atoms with van der Waals surface area (Å²) >= 11 is 0. The van der Waals surface area contributed by atoms with E-state index in [4.69, 9.17) is 5.73 Å². The van der Waals surface area contributed by atoms with Gasteiger partial charge in [-0.1, -0.05) is 62.4 Å². The number of benzene rings is 2. The number of carbonyl (C=O) groups is 1. The van der Waals surface area contributed by atoms with Gasteiger partial charge in [0.25, 0.3) is 0 Å². The molecule has 1 aliphatic heterocycles. The molecule has 146 valence electrons. The molecule has 0 aromatic heterocycles. The number of rotatable bonds is 6. The fraction of sp³-hybridized carbons (Fsp3) is 0.409. The van der Waals surface area contributed by atoms with Crippen LogP contribution in [0.5, 0.6) is 0 Å². The minimum atomic E-state index is 0. The van der Waals surface area contributed by atoms with Crippen LogP contribution in [0.4, 0.5) is 5.69 Å². The van der Waals surface area contributed by atoms with Crippen LogP contribution in [0, 0.1) is 5.92 Å². The largest absolute Gasteiger partial charge is 0.330 e. The third-order valence-electron chi connectivity index (χ3n) is 5.27. The number of likely N-dealkylation sites (tertiary alicyclic amines) is 1. The van der Waals surface area contributed by atoms with E-state index in [1.165, 1.54) is 11.1 Å². The smallest absolute Gasteiger partial charge is 0.238 e. The highest BCUT2D eigenvalue weighted by molar-refractivity contribution is 5.93. The van der Waals surface area contributed by atoms with E-state index in [1.807, 2.05) is 24.3 Å². The van der Waals surface area contributed by atoms with Crippen LogP contribution in [0.2, 0.25) is 0 Å². The van der Waals surface area contributed by atoms with Crippen LogP contribution in [0.15, 0.2) is 54.6 Å². The first-order valence-electron chi connectivity index (χ1n) is 9.44. The molecule has 1 aliphatic rings. The lowest BCUT2D eigenvalue weighted by atomic mass is 9.89. The first kappa shape index (κ1) is 21.4. The zero-order valence-electron chi connectivity index (χ0n) is 16.1. The lowest BCUT2D eigenvalue weighted by Crippen LogP contribution is -2.32. The van der Waals surface area contributed by atoms with Gasteiger partial charge in [0.15, 0.2) is 0 Å². The average Bonchev–Trinajstić information content (AvgIpc) is 3.05. The van der Waals surface area contributed by atoms with E-state index in [0.29, 0.717) is 30.8 Å². The first-order chi connectivity index (χ1) is 12.6. The van der Waals surface area contributed by atoms with Crippen LogP contribution in [0.1, 0.15) is 36.8 Å². The molecule has 3 rings (SSSR count). The number of hydrogen-bond donors (Lipinski definition) is 2. The summed E-state index contributed by atoms with van der Waals surface area (Å²) in [6, 6.07) is 18.5. The molecular weight excluding hydrogens is 358 g/mol. The molecule has 0 radical (unpaired) electrons. The Bertz CT molecular complexity index is 735.